The number of amides is 2. The Morgan fingerprint density at radius 3 is 2.37 bits per heavy atom. The molecule has 8 nitrogen and oxygen atoms in total. The molecule has 3 aromatic rings. The van der Waals surface area contributed by atoms with E-state index in [-0.39, 0.29) is 12.5 Å². The maximum Gasteiger partial charge on any atom is 0.389 e. The van der Waals surface area contributed by atoms with Crippen LogP contribution in [0, 0.1) is 0 Å². The van der Waals surface area contributed by atoms with E-state index < -0.39 is 24.9 Å². The van der Waals surface area contributed by atoms with Crippen molar-refractivity contribution in [3.8, 4) is 0 Å². The summed E-state index contributed by atoms with van der Waals surface area (Å²) in [6.45, 7) is 4.08. The van der Waals surface area contributed by atoms with Crippen LogP contribution in [0.5, 0.6) is 0 Å². The van der Waals surface area contributed by atoms with Gasteiger partial charge in [-0.1, -0.05) is 18.2 Å². The van der Waals surface area contributed by atoms with Gasteiger partial charge in [0.15, 0.2) is 11.5 Å². The highest BCUT2D eigenvalue weighted by molar-refractivity contribution is 5.94. The van der Waals surface area contributed by atoms with Gasteiger partial charge in [-0.3, -0.25) is 14.5 Å². The number of nitrogens with zero attached hydrogens (tertiary/aromatic N) is 6. The van der Waals surface area contributed by atoms with Crippen molar-refractivity contribution in [1.29, 1.82) is 0 Å². The molecule has 0 radical (unpaired) electrons. The first kappa shape index (κ1) is 27.4. The molecule has 41 heavy (non-hydrogen) atoms. The summed E-state index contributed by atoms with van der Waals surface area (Å²) in [5, 5.41) is 4.64. The molecule has 3 aliphatic rings. The third-order valence-corrected chi connectivity index (χ3v) is 8.16. The lowest BCUT2D eigenvalue weighted by molar-refractivity contribution is -0.148. The number of carbonyl (C=O) groups excluding carboxylic acids is 2. The van der Waals surface area contributed by atoms with E-state index in [2.05, 4.69) is 10.00 Å². The van der Waals surface area contributed by atoms with Gasteiger partial charge in [0.2, 0.25) is 5.91 Å². The molecule has 0 bridgehead atoms. The highest BCUT2D eigenvalue weighted by Gasteiger charge is 2.32. The quantitative estimate of drug-likeness (QED) is 0.429. The first-order valence-corrected chi connectivity index (χ1v) is 14.2. The minimum atomic E-state index is -4.34. The Labute approximate surface area is 236 Å². The molecule has 4 heterocycles. The van der Waals surface area contributed by atoms with E-state index in [0.29, 0.717) is 36.4 Å². The topological polar surface area (TPSA) is 74.1 Å². The predicted octanol–water partition coefficient (Wildman–Crippen LogP) is 4.20. The van der Waals surface area contributed by atoms with Gasteiger partial charge in [0.1, 0.15) is 0 Å². The standard InChI is InChI=1S/C30H33F3N6O2/c31-30(32,33)12-9-27(40)37-14-10-22(11-15-37)25-2-1-13-39-28(25)34-26(35-39)20-21-3-5-23(6-4-21)29(41)38-18-16-36(17-19-38)24-7-8-24/h1-6,10,13,24H,7-9,11-12,14-20H2. The number of halogens is 3. The van der Waals surface area contributed by atoms with Crippen LogP contribution in [-0.4, -0.2) is 92.6 Å². The number of benzene rings is 1. The van der Waals surface area contributed by atoms with Crippen LogP contribution < -0.4 is 0 Å². The van der Waals surface area contributed by atoms with Crippen LogP contribution in [0.2, 0.25) is 0 Å². The fourth-order valence-corrected chi connectivity index (χ4v) is 5.68. The fraction of sp³-hybridized carbons (Fsp3) is 0.467. The lowest BCUT2D eigenvalue weighted by Gasteiger charge is -2.34. The highest BCUT2D eigenvalue weighted by atomic mass is 19.4. The number of rotatable bonds is 7. The van der Waals surface area contributed by atoms with Crippen LogP contribution in [-0.2, 0) is 11.2 Å². The monoisotopic (exact) mass is 566 g/mol. The molecule has 1 saturated carbocycles. The molecule has 0 unspecified atom stereocenters. The van der Waals surface area contributed by atoms with Crippen LogP contribution >= 0.6 is 0 Å². The molecule has 2 aromatic heterocycles. The Hall–Kier alpha value is -3.73. The Balaban J connectivity index is 1.09. The fourth-order valence-electron chi connectivity index (χ4n) is 5.68. The average Bonchev–Trinajstić information content (AvgIpc) is 3.75. The number of aromatic nitrogens is 3. The number of pyridine rings is 1. The molecule has 2 aliphatic heterocycles. The van der Waals surface area contributed by atoms with Crippen LogP contribution in [0.4, 0.5) is 13.2 Å². The maximum absolute atomic E-state index is 13.0. The molecule has 1 saturated heterocycles. The Morgan fingerprint density at radius 1 is 0.951 bits per heavy atom. The third kappa shape index (κ3) is 6.45. The first-order chi connectivity index (χ1) is 19.7. The molecule has 1 aliphatic carbocycles. The molecular formula is C30H33F3N6O2. The van der Waals surface area contributed by atoms with Crippen molar-refractivity contribution in [2.75, 3.05) is 39.3 Å². The van der Waals surface area contributed by atoms with Crippen molar-refractivity contribution in [1.82, 2.24) is 29.3 Å². The highest BCUT2D eigenvalue weighted by Crippen LogP contribution is 2.29. The van der Waals surface area contributed by atoms with E-state index >= 15 is 0 Å². The molecule has 1 aromatic carbocycles. The van der Waals surface area contributed by atoms with Crippen molar-refractivity contribution in [2.24, 2.45) is 0 Å². The average molecular weight is 567 g/mol. The lowest BCUT2D eigenvalue weighted by atomic mass is 10.00. The van der Waals surface area contributed by atoms with E-state index in [1.165, 1.54) is 17.7 Å². The normalized spacial score (nSPS) is 18.6. The number of carbonyl (C=O) groups is 2. The summed E-state index contributed by atoms with van der Waals surface area (Å²) < 4.78 is 39.2. The summed E-state index contributed by atoms with van der Waals surface area (Å²) in [6.07, 6.45) is 1.37. The van der Waals surface area contributed by atoms with Crippen molar-refractivity contribution >= 4 is 23.0 Å². The molecule has 0 N–H and O–H groups in total. The van der Waals surface area contributed by atoms with Gasteiger partial charge in [-0.15, -0.1) is 0 Å². The van der Waals surface area contributed by atoms with Crippen molar-refractivity contribution in [3.63, 3.8) is 0 Å². The SMILES string of the molecule is O=C(CCC(F)(F)F)N1CC=C(c2cccn3nc(Cc4ccc(C(=O)N5CCN(C6CC6)CC5)cc4)nc23)CC1. The van der Waals surface area contributed by atoms with Gasteiger partial charge in [0.25, 0.3) is 5.91 Å². The van der Waals surface area contributed by atoms with Crippen LogP contribution in [0.15, 0.2) is 48.7 Å². The van der Waals surface area contributed by atoms with Gasteiger partial charge in [-0.05, 0) is 54.7 Å². The van der Waals surface area contributed by atoms with Gasteiger partial charge < -0.3 is 9.80 Å². The van der Waals surface area contributed by atoms with Gasteiger partial charge in [-0.25, -0.2) is 9.50 Å². The smallest absolute Gasteiger partial charge is 0.339 e. The Morgan fingerprint density at radius 2 is 1.71 bits per heavy atom. The lowest BCUT2D eigenvalue weighted by Crippen LogP contribution is -2.49. The zero-order chi connectivity index (χ0) is 28.6. The van der Waals surface area contributed by atoms with Crippen molar-refractivity contribution in [2.45, 2.75) is 50.7 Å². The maximum atomic E-state index is 13.0. The van der Waals surface area contributed by atoms with E-state index in [1.807, 2.05) is 53.6 Å². The van der Waals surface area contributed by atoms with E-state index in [0.717, 1.165) is 48.9 Å². The third-order valence-electron chi connectivity index (χ3n) is 8.16. The number of hydrogen-bond donors (Lipinski definition) is 0. The van der Waals surface area contributed by atoms with Gasteiger partial charge in [0, 0.05) is 75.5 Å². The zero-order valence-electron chi connectivity index (χ0n) is 22.8. The largest absolute Gasteiger partial charge is 0.389 e. The number of piperazine rings is 1. The Bertz CT molecular complexity index is 1450. The van der Waals surface area contributed by atoms with E-state index in [1.54, 1.807) is 4.52 Å². The minimum Gasteiger partial charge on any atom is -0.339 e. The van der Waals surface area contributed by atoms with Crippen molar-refractivity contribution in [3.05, 3.63) is 71.2 Å². The second-order valence-electron chi connectivity index (χ2n) is 11.1. The molecule has 6 rings (SSSR count). The summed E-state index contributed by atoms with van der Waals surface area (Å²) in [6, 6.07) is 12.2. The molecule has 216 valence electrons. The van der Waals surface area contributed by atoms with E-state index in [4.69, 9.17) is 4.98 Å². The van der Waals surface area contributed by atoms with Crippen molar-refractivity contribution < 1.29 is 22.8 Å². The van der Waals surface area contributed by atoms with Gasteiger partial charge in [0.05, 0.1) is 6.42 Å². The summed E-state index contributed by atoms with van der Waals surface area (Å²) in [5.74, 6) is 0.237. The summed E-state index contributed by atoms with van der Waals surface area (Å²) in [7, 11) is 0. The first-order valence-electron chi connectivity index (χ1n) is 14.2. The molecule has 0 spiro atoms. The van der Waals surface area contributed by atoms with Crippen LogP contribution in [0.1, 0.15) is 59.4 Å². The summed E-state index contributed by atoms with van der Waals surface area (Å²) in [4.78, 5) is 35.9. The molecule has 0 atom stereocenters. The number of fused-ring (bicyclic) bond motifs is 1. The zero-order valence-corrected chi connectivity index (χ0v) is 22.8. The van der Waals surface area contributed by atoms with Gasteiger partial charge in [-0.2, -0.15) is 18.3 Å². The Kier molecular flexibility index (Phi) is 7.54. The molecular weight excluding hydrogens is 533 g/mol. The number of alkyl halides is 3. The minimum absolute atomic E-state index is 0.0730. The molecule has 2 fully saturated rings. The molecule has 2 amide bonds. The predicted molar refractivity (Wildman–Crippen MR) is 147 cm³/mol. The second kappa shape index (κ2) is 11.3. The second-order valence-corrected chi connectivity index (χ2v) is 11.1. The van der Waals surface area contributed by atoms with Crippen LogP contribution in [0.3, 0.4) is 0 Å². The summed E-state index contributed by atoms with van der Waals surface area (Å²) >= 11 is 0. The van der Waals surface area contributed by atoms with E-state index in [9.17, 15) is 22.8 Å². The van der Waals surface area contributed by atoms with Gasteiger partial charge >= 0.3 is 6.18 Å². The van der Waals surface area contributed by atoms with Crippen LogP contribution in [0.25, 0.3) is 11.2 Å². The molecule has 11 heteroatoms. The number of hydrogen-bond acceptors (Lipinski definition) is 5. The summed E-state index contributed by atoms with van der Waals surface area (Å²) in [5.41, 5.74) is 4.28.